The van der Waals surface area contributed by atoms with Gasteiger partial charge in [-0.05, 0) is 35.0 Å². The Bertz CT molecular complexity index is 376. The van der Waals surface area contributed by atoms with E-state index in [4.69, 9.17) is 9.47 Å². The van der Waals surface area contributed by atoms with E-state index in [0.29, 0.717) is 22.6 Å². The average molecular weight is 274 g/mol. The third-order valence-electron chi connectivity index (χ3n) is 1.77. The molecule has 0 heterocycles. The normalized spacial score (nSPS) is 9.80. The third-order valence-corrected chi connectivity index (χ3v) is 2.43. The predicted molar refractivity (Wildman–Crippen MR) is 56.2 cm³/mol. The Morgan fingerprint density at radius 1 is 1.47 bits per heavy atom. The molecule has 1 aromatic rings. The van der Waals surface area contributed by atoms with Crippen molar-refractivity contribution in [2.24, 2.45) is 0 Å². The molecule has 0 amide bonds. The first kappa shape index (κ1) is 11.8. The van der Waals surface area contributed by atoms with Gasteiger partial charge in [-0.1, -0.05) is 0 Å². The second-order valence-electron chi connectivity index (χ2n) is 2.70. The van der Waals surface area contributed by atoms with E-state index in [9.17, 15) is 9.90 Å². The SMILES string of the molecule is CCOc1cc(Br)c(C(=O)[O-])cc1OC. The van der Waals surface area contributed by atoms with Crippen molar-refractivity contribution >= 4 is 21.9 Å². The van der Waals surface area contributed by atoms with Crippen LogP contribution < -0.4 is 14.6 Å². The lowest BCUT2D eigenvalue weighted by molar-refractivity contribution is -0.255. The van der Waals surface area contributed by atoms with Gasteiger partial charge < -0.3 is 19.4 Å². The minimum Gasteiger partial charge on any atom is -0.545 e. The number of carboxylic acid groups (broad SMARTS) is 1. The molecule has 0 saturated carbocycles. The number of carboxylic acids is 1. The van der Waals surface area contributed by atoms with E-state index < -0.39 is 5.97 Å². The van der Waals surface area contributed by atoms with E-state index in [2.05, 4.69) is 15.9 Å². The van der Waals surface area contributed by atoms with Crippen molar-refractivity contribution in [3.63, 3.8) is 0 Å². The van der Waals surface area contributed by atoms with Crippen LogP contribution in [-0.4, -0.2) is 19.7 Å². The number of hydrogen-bond donors (Lipinski definition) is 0. The van der Waals surface area contributed by atoms with E-state index >= 15 is 0 Å². The number of aromatic carboxylic acids is 1. The van der Waals surface area contributed by atoms with Crippen LogP contribution in [-0.2, 0) is 0 Å². The van der Waals surface area contributed by atoms with Crippen molar-refractivity contribution in [1.29, 1.82) is 0 Å². The van der Waals surface area contributed by atoms with Gasteiger partial charge in [-0.3, -0.25) is 0 Å². The maximum Gasteiger partial charge on any atom is 0.162 e. The zero-order valence-electron chi connectivity index (χ0n) is 8.37. The highest BCUT2D eigenvalue weighted by Gasteiger charge is 2.10. The molecule has 82 valence electrons. The van der Waals surface area contributed by atoms with Gasteiger partial charge in [0, 0.05) is 10.0 Å². The summed E-state index contributed by atoms with van der Waals surface area (Å²) in [5.41, 5.74) is 0.0373. The molecule has 1 aromatic carbocycles. The number of rotatable bonds is 4. The molecule has 4 nitrogen and oxygen atoms in total. The molecule has 0 bridgehead atoms. The van der Waals surface area contributed by atoms with Gasteiger partial charge in [0.15, 0.2) is 11.5 Å². The summed E-state index contributed by atoms with van der Waals surface area (Å²) < 4.78 is 10.7. The fourth-order valence-electron chi connectivity index (χ4n) is 1.12. The lowest BCUT2D eigenvalue weighted by Gasteiger charge is -2.13. The summed E-state index contributed by atoms with van der Waals surface area (Å²) in [4.78, 5) is 10.7. The highest BCUT2D eigenvalue weighted by molar-refractivity contribution is 9.10. The Morgan fingerprint density at radius 2 is 2.13 bits per heavy atom. The fourth-order valence-corrected chi connectivity index (χ4v) is 1.60. The molecule has 0 spiro atoms. The van der Waals surface area contributed by atoms with Crippen molar-refractivity contribution in [3.8, 4) is 11.5 Å². The minimum atomic E-state index is -1.26. The van der Waals surface area contributed by atoms with Crippen LogP contribution in [0.1, 0.15) is 17.3 Å². The molecular formula is C10H10BrO4-. The maximum absolute atomic E-state index is 10.7. The predicted octanol–water partition coefficient (Wildman–Crippen LogP) is 1.22. The summed E-state index contributed by atoms with van der Waals surface area (Å²) in [6.45, 7) is 2.31. The quantitative estimate of drug-likeness (QED) is 0.828. The molecule has 0 fully saturated rings. The second-order valence-corrected chi connectivity index (χ2v) is 3.56. The van der Waals surface area contributed by atoms with Gasteiger partial charge in [0.1, 0.15) is 0 Å². The summed E-state index contributed by atoms with van der Waals surface area (Å²) in [6.07, 6.45) is 0. The number of halogens is 1. The zero-order valence-corrected chi connectivity index (χ0v) is 9.96. The van der Waals surface area contributed by atoms with Crippen molar-refractivity contribution in [2.45, 2.75) is 6.92 Å². The standard InChI is InChI=1S/C10H11BrO4/c1-3-15-9-5-7(11)6(10(12)13)4-8(9)14-2/h4-5H,3H2,1-2H3,(H,12,13)/p-1. The van der Waals surface area contributed by atoms with Crippen LogP contribution in [0.2, 0.25) is 0 Å². The molecule has 0 unspecified atom stereocenters. The number of carbonyl (C=O) groups is 1. The first-order chi connectivity index (χ1) is 7.10. The first-order valence-electron chi connectivity index (χ1n) is 4.31. The summed E-state index contributed by atoms with van der Waals surface area (Å²) in [5.74, 6) is -0.389. The van der Waals surface area contributed by atoms with Crippen molar-refractivity contribution in [3.05, 3.63) is 22.2 Å². The Morgan fingerprint density at radius 3 is 2.60 bits per heavy atom. The molecule has 0 atom stereocenters. The van der Waals surface area contributed by atoms with Crippen LogP contribution in [0.25, 0.3) is 0 Å². The van der Waals surface area contributed by atoms with Gasteiger partial charge in [-0.2, -0.15) is 0 Å². The van der Waals surface area contributed by atoms with Crippen LogP contribution in [0.5, 0.6) is 11.5 Å². The molecular weight excluding hydrogens is 264 g/mol. The number of hydrogen-bond acceptors (Lipinski definition) is 4. The number of carbonyl (C=O) groups excluding carboxylic acids is 1. The fraction of sp³-hybridized carbons (Fsp3) is 0.300. The second kappa shape index (κ2) is 5.02. The Hall–Kier alpha value is -1.23. The number of methoxy groups -OCH3 is 1. The maximum atomic E-state index is 10.7. The van der Waals surface area contributed by atoms with Crippen molar-refractivity contribution in [1.82, 2.24) is 0 Å². The van der Waals surface area contributed by atoms with E-state index in [1.807, 2.05) is 6.92 Å². The Balaban J connectivity index is 3.22. The van der Waals surface area contributed by atoms with E-state index in [1.54, 1.807) is 6.07 Å². The van der Waals surface area contributed by atoms with Crippen LogP contribution in [0.15, 0.2) is 16.6 Å². The average Bonchev–Trinajstić information content (AvgIpc) is 2.18. The molecule has 15 heavy (non-hydrogen) atoms. The molecule has 0 aromatic heterocycles. The highest BCUT2D eigenvalue weighted by Crippen LogP contribution is 2.33. The molecule has 0 aliphatic carbocycles. The zero-order chi connectivity index (χ0) is 11.4. The first-order valence-corrected chi connectivity index (χ1v) is 5.11. The lowest BCUT2D eigenvalue weighted by atomic mass is 10.2. The molecule has 0 aliphatic heterocycles. The number of ether oxygens (including phenoxy) is 2. The largest absolute Gasteiger partial charge is 0.545 e. The van der Waals surface area contributed by atoms with Crippen molar-refractivity contribution in [2.75, 3.05) is 13.7 Å². The molecule has 0 saturated heterocycles. The Kier molecular flexibility index (Phi) is 3.96. The molecule has 0 radical (unpaired) electrons. The van der Waals surface area contributed by atoms with Gasteiger partial charge in [0.05, 0.1) is 19.7 Å². The van der Waals surface area contributed by atoms with E-state index in [1.165, 1.54) is 13.2 Å². The lowest BCUT2D eigenvalue weighted by Crippen LogP contribution is -2.22. The topological polar surface area (TPSA) is 58.6 Å². The smallest absolute Gasteiger partial charge is 0.162 e. The van der Waals surface area contributed by atoms with Crippen LogP contribution in [0.3, 0.4) is 0 Å². The van der Waals surface area contributed by atoms with Gasteiger partial charge in [-0.15, -0.1) is 0 Å². The molecule has 1 rings (SSSR count). The van der Waals surface area contributed by atoms with Gasteiger partial charge in [0.2, 0.25) is 0 Å². The Labute approximate surface area is 95.9 Å². The van der Waals surface area contributed by atoms with Gasteiger partial charge in [-0.25, -0.2) is 0 Å². The van der Waals surface area contributed by atoms with Crippen LogP contribution in [0.4, 0.5) is 0 Å². The summed E-state index contributed by atoms with van der Waals surface area (Å²) in [7, 11) is 1.45. The monoisotopic (exact) mass is 273 g/mol. The van der Waals surface area contributed by atoms with E-state index in [-0.39, 0.29) is 5.56 Å². The van der Waals surface area contributed by atoms with E-state index in [0.717, 1.165) is 0 Å². The molecule has 0 N–H and O–H groups in total. The van der Waals surface area contributed by atoms with Crippen molar-refractivity contribution < 1.29 is 19.4 Å². The third kappa shape index (κ3) is 2.62. The van der Waals surface area contributed by atoms with Gasteiger partial charge in [0.25, 0.3) is 0 Å². The minimum absolute atomic E-state index is 0.0373. The highest BCUT2D eigenvalue weighted by atomic mass is 79.9. The molecule has 0 aliphatic rings. The molecule has 5 heteroatoms. The summed E-state index contributed by atoms with van der Waals surface area (Å²) >= 11 is 3.12. The number of benzene rings is 1. The van der Waals surface area contributed by atoms with Crippen LogP contribution >= 0.6 is 15.9 Å². The van der Waals surface area contributed by atoms with Crippen LogP contribution in [0, 0.1) is 0 Å². The summed E-state index contributed by atoms with van der Waals surface area (Å²) in [5, 5.41) is 10.7. The summed E-state index contributed by atoms with van der Waals surface area (Å²) in [6, 6.07) is 2.91. The van der Waals surface area contributed by atoms with Gasteiger partial charge >= 0.3 is 0 Å².